The molecule has 0 saturated carbocycles. The summed E-state index contributed by atoms with van der Waals surface area (Å²) in [6.45, 7) is 2.23. The number of nitrogens with zero attached hydrogens (tertiary/aromatic N) is 2. The van der Waals surface area contributed by atoms with Crippen molar-refractivity contribution >= 4 is 38.9 Å². The van der Waals surface area contributed by atoms with Crippen molar-refractivity contribution in [1.29, 1.82) is 0 Å². The quantitative estimate of drug-likeness (QED) is 0.806. The Kier molecular flexibility index (Phi) is 5.69. The van der Waals surface area contributed by atoms with Crippen molar-refractivity contribution in [3.05, 3.63) is 54.1 Å². The molecule has 0 aromatic heterocycles. The van der Waals surface area contributed by atoms with Gasteiger partial charge < -0.3 is 10.2 Å². The molecule has 8 heteroatoms. The highest BCUT2D eigenvalue weighted by molar-refractivity contribution is 7.92. The maximum atomic E-state index is 12.5. The van der Waals surface area contributed by atoms with Gasteiger partial charge in [-0.2, -0.15) is 0 Å². The average molecular weight is 401 g/mol. The van der Waals surface area contributed by atoms with Crippen LogP contribution < -0.4 is 14.5 Å². The molecule has 0 atom stereocenters. The van der Waals surface area contributed by atoms with Crippen LogP contribution in [0.5, 0.6) is 0 Å². The Morgan fingerprint density at radius 1 is 1.18 bits per heavy atom. The van der Waals surface area contributed by atoms with Gasteiger partial charge in [0.15, 0.2) is 0 Å². The summed E-state index contributed by atoms with van der Waals surface area (Å²) in [5.41, 5.74) is 2.65. The summed E-state index contributed by atoms with van der Waals surface area (Å²) < 4.78 is 25.3. The largest absolute Gasteiger partial charge is 0.324 e. The summed E-state index contributed by atoms with van der Waals surface area (Å²) in [5, 5.41) is 2.74. The molecule has 28 heavy (non-hydrogen) atoms. The van der Waals surface area contributed by atoms with Crippen molar-refractivity contribution in [3.63, 3.8) is 0 Å². The zero-order valence-corrected chi connectivity index (χ0v) is 16.7. The fourth-order valence-electron chi connectivity index (χ4n) is 3.21. The molecule has 0 aliphatic carbocycles. The van der Waals surface area contributed by atoms with Gasteiger partial charge in [-0.3, -0.25) is 13.9 Å². The van der Waals surface area contributed by atoms with Gasteiger partial charge in [-0.05, 0) is 43.2 Å². The first-order valence-electron chi connectivity index (χ1n) is 8.99. The maximum absolute atomic E-state index is 12.5. The van der Waals surface area contributed by atoms with E-state index in [0.717, 1.165) is 28.2 Å². The molecule has 3 rings (SSSR count). The number of hydrogen-bond donors (Lipinski definition) is 1. The lowest BCUT2D eigenvalue weighted by Gasteiger charge is -2.22. The SMILES string of the molecule is Cc1ccc(NC(=O)CN(c2ccccc2)S(C)(=O)=O)cc1N1CCCC1=O. The number of aryl methyl sites for hydroxylation is 1. The highest BCUT2D eigenvalue weighted by Crippen LogP contribution is 2.28. The first-order chi connectivity index (χ1) is 13.3. The lowest BCUT2D eigenvalue weighted by atomic mass is 10.1. The van der Waals surface area contributed by atoms with Gasteiger partial charge in [-0.25, -0.2) is 8.42 Å². The van der Waals surface area contributed by atoms with Gasteiger partial charge in [0, 0.05) is 24.3 Å². The molecule has 2 amide bonds. The second-order valence-corrected chi connectivity index (χ2v) is 8.71. The smallest absolute Gasteiger partial charge is 0.245 e. The third kappa shape index (κ3) is 4.51. The summed E-state index contributed by atoms with van der Waals surface area (Å²) in [5.74, 6) is -0.393. The van der Waals surface area contributed by atoms with E-state index >= 15 is 0 Å². The highest BCUT2D eigenvalue weighted by Gasteiger charge is 2.24. The van der Waals surface area contributed by atoms with Crippen molar-refractivity contribution < 1.29 is 18.0 Å². The Morgan fingerprint density at radius 2 is 1.89 bits per heavy atom. The van der Waals surface area contributed by atoms with Gasteiger partial charge >= 0.3 is 0 Å². The number of carbonyl (C=O) groups is 2. The van der Waals surface area contributed by atoms with Crippen LogP contribution in [-0.4, -0.2) is 39.6 Å². The molecule has 2 aromatic carbocycles. The number of nitrogens with one attached hydrogen (secondary N) is 1. The van der Waals surface area contributed by atoms with Gasteiger partial charge in [0.05, 0.1) is 11.9 Å². The van der Waals surface area contributed by atoms with Crippen molar-refractivity contribution in [3.8, 4) is 0 Å². The van der Waals surface area contributed by atoms with Gasteiger partial charge in [-0.1, -0.05) is 24.3 Å². The van der Waals surface area contributed by atoms with Crippen molar-refractivity contribution in [1.82, 2.24) is 0 Å². The Labute approximate surface area is 165 Å². The standard InChI is InChI=1S/C20H23N3O4S/c1-15-10-11-16(13-18(15)22-12-6-9-20(22)25)21-19(24)14-23(28(2,26)27)17-7-4-3-5-8-17/h3-5,7-8,10-11,13H,6,9,12,14H2,1-2H3,(H,21,24). The van der Waals surface area contributed by atoms with Gasteiger partial charge in [0.1, 0.15) is 6.54 Å². The maximum Gasteiger partial charge on any atom is 0.245 e. The number of hydrogen-bond acceptors (Lipinski definition) is 4. The van der Waals surface area contributed by atoms with Crippen molar-refractivity contribution in [2.45, 2.75) is 19.8 Å². The molecular weight excluding hydrogens is 378 g/mol. The second kappa shape index (κ2) is 8.02. The molecule has 0 unspecified atom stereocenters. The predicted octanol–water partition coefficient (Wildman–Crippen LogP) is 2.53. The summed E-state index contributed by atoms with van der Waals surface area (Å²) in [6, 6.07) is 13.8. The van der Waals surface area contributed by atoms with E-state index in [0.29, 0.717) is 24.3 Å². The molecule has 1 aliphatic heterocycles. The summed E-state index contributed by atoms with van der Waals surface area (Å²) in [6.07, 6.45) is 2.40. The number of sulfonamides is 1. The minimum Gasteiger partial charge on any atom is -0.324 e. The number of rotatable bonds is 6. The molecule has 0 bridgehead atoms. The van der Waals surface area contributed by atoms with Crippen LogP contribution in [0.4, 0.5) is 17.1 Å². The van der Waals surface area contributed by atoms with E-state index in [-0.39, 0.29) is 12.5 Å². The Morgan fingerprint density at radius 3 is 2.50 bits per heavy atom. The van der Waals surface area contributed by atoms with E-state index in [4.69, 9.17) is 0 Å². The molecular formula is C20H23N3O4S. The van der Waals surface area contributed by atoms with Crippen LogP contribution in [0, 0.1) is 6.92 Å². The summed E-state index contributed by atoms with van der Waals surface area (Å²) >= 11 is 0. The predicted molar refractivity (Wildman–Crippen MR) is 110 cm³/mol. The van der Waals surface area contributed by atoms with Gasteiger partial charge in [0.2, 0.25) is 21.8 Å². The Balaban J connectivity index is 1.78. The Hall–Kier alpha value is -2.87. The van der Waals surface area contributed by atoms with Crippen LogP contribution in [0.3, 0.4) is 0 Å². The van der Waals surface area contributed by atoms with E-state index in [1.807, 2.05) is 13.0 Å². The minimum atomic E-state index is -3.62. The van der Waals surface area contributed by atoms with Gasteiger partial charge in [-0.15, -0.1) is 0 Å². The van der Waals surface area contributed by atoms with Crippen LogP contribution >= 0.6 is 0 Å². The molecule has 1 heterocycles. The molecule has 148 valence electrons. The number of anilines is 3. The molecule has 1 aliphatic rings. The molecule has 0 spiro atoms. The van der Waals surface area contributed by atoms with Crippen LogP contribution in [0.1, 0.15) is 18.4 Å². The summed E-state index contributed by atoms with van der Waals surface area (Å²) in [4.78, 5) is 26.3. The first kappa shape index (κ1) is 19.9. The third-order valence-corrected chi connectivity index (χ3v) is 5.73. The Bertz CT molecular complexity index is 990. The minimum absolute atomic E-state index is 0.0684. The van der Waals surface area contributed by atoms with Crippen LogP contribution in [0.2, 0.25) is 0 Å². The average Bonchev–Trinajstić information content (AvgIpc) is 3.07. The number of carbonyl (C=O) groups excluding carboxylic acids is 2. The molecule has 0 radical (unpaired) electrons. The highest BCUT2D eigenvalue weighted by atomic mass is 32.2. The van der Waals surface area contributed by atoms with E-state index in [9.17, 15) is 18.0 Å². The fraction of sp³-hybridized carbons (Fsp3) is 0.300. The molecule has 1 fully saturated rings. The molecule has 2 aromatic rings. The van der Waals surface area contributed by atoms with E-state index in [1.165, 1.54) is 0 Å². The zero-order chi connectivity index (χ0) is 20.3. The van der Waals surface area contributed by atoms with Crippen LogP contribution in [0.25, 0.3) is 0 Å². The lowest BCUT2D eigenvalue weighted by Crippen LogP contribution is -2.37. The zero-order valence-electron chi connectivity index (χ0n) is 15.9. The molecule has 1 N–H and O–H groups in total. The molecule has 1 saturated heterocycles. The summed E-state index contributed by atoms with van der Waals surface area (Å²) in [7, 11) is -3.62. The monoisotopic (exact) mass is 401 g/mol. The van der Waals surface area contributed by atoms with Crippen molar-refractivity contribution in [2.24, 2.45) is 0 Å². The fourth-order valence-corrected chi connectivity index (χ4v) is 4.06. The third-order valence-electron chi connectivity index (χ3n) is 4.59. The van der Waals surface area contributed by atoms with E-state index < -0.39 is 15.9 Å². The van der Waals surface area contributed by atoms with E-state index in [1.54, 1.807) is 47.4 Å². The van der Waals surface area contributed by atoms with Gasteiger partial charge in [0.25, 0.3) is 0 Å². The normalized spacial score (nSPS) is 14.2. The topological polar surface area (TPSA) is 86.8 Å². The number of para-hydroxylation sites is 1. The molecule has 7 nitrogen and oxygen atoms in total. The van der Waals surface area contributed by atoms with Crippen molar-refractivity contribution in [2.75, 3.05) is 33.9 Å². The second-order valence-electron chi connectivity index (χ2n) is 6.80. The van der Waals surface area contributed by atoms with Crippen LogP contribution in [0.15, 0.2) is 48.5 Å². The first-order valence-corrected chi connectivity index (χ1v) is 10.8. The number of amides is 2. The number of benzene rings is 2. The lowest BCUT2D eigenvalue weighted by molar-refractivity contribution is -0.117. The van der Waals surface area contributed by atoms with Crippen LogP contribution in [-0.2, 0) is 19.6 Å². The van der Waals surface area contributed by atoms with E-state index in [2.05, 4.69) is 5.32 Å².